The third-order valence-corrected chi connectivity index (χ3v) is 7.79. The molecule has 4 aliphatic rings. The molecule has 4 rings (SSSR count). The average Bonchev–Trinajstić information content (AvgIpc) is 2.96. The van der Waals surface area contributed by atoms with Crippen LogP contribution in [-0.2, 0) is 18.9 Å². The lowest BCUT2D eigenvalue weighted by molar-refractivity contribution is -0.00722. The summed E-state index contributed by atoms with van der Waals surface area (Å²) in [6.07, 6.45) is 24.9. The molecule has 230 valence electrons. The second kappa shape index (κ2) is 22.5. The van der Waals surface area contributed by atoms with Gasteiger partial charge in [-0.2, -0.15) is 0 Å². The molecule has 4 nitrogen and oxygen atoms in total. The Bertz CT molecular complexity index is 705. The Morgan fingerprint density at radius 2 is 1.28 bits per heavy atom. The van der Waals surface area contributed by atoms with Gasteiger partial charge in [-0.1, -0.05) is 70.6 Å². The first-order chi connectivity index (χ1) is 18.8. The maximum absolute atomic E-state index is 5.54. The van der Waals surface area contributed by atoms with Crippen molar-refractivity contribution < 1.29 is 21.8 Å². The molecule has 4 heteroatoms. The van der Waals surface area contributed by atoms with Crippen LogP contribution < -0.4 is 0 Å². The minimum atomic E-state index is 0. The van der Waals surface area contributed by atoms with Gasteiger partial charge in [-0.15, -0.1) is 0 Å². The third kappa shape index (κ3) is 18.0. The van der Waals surface area contributed by atoms with Crippen LogP contribution in [0.3, 0.4) is 0 Å². The van der Waals surface area contributed by atoms with Crippen molar-refractivity contribution in [3.63, 3.8) is 0 Å². The van der Waals surface area contributed by atoms with Crippen LogP contribution in [-0.4, -0.2) is 50.8 Å². The van der Waals surface area contributed by atoms with E-state index in [0.717, 1.165) is 57.5 Å². The van der Waals surface area contributed by atoms with Crippen molar-refractivity contribution in [2.45, 2.75) is 137 Å². The van der Waals surface area contributed by atoms with Crippen LogP contribution in [0.1, 0.15) is 116 Å². The molecule has 6 unspecified atom stereocenters. The van der Waals surface area contributed by atoms with Gasteiger partial charge in [0, 0.05) is 16.1 Å². The second-order valence-corrected chi connectivity index (χ2v) is 11.7. The summed E-state index contributed by atoms with van der Waals surface area (Å²) in [5, 5.41) is 0. The summed E-state index contributed by atoms with van der Waals surface area (Å²) in [4.78, 5) is 0. The summed E-state index contributed by atoms with van der Waals surface area (Å²) in [6, 6.07) is 0. The molecule has 4 aliphatic heterocycles. The van der Waals surface area contributed by atoms with Crippen LogP contribution in [0.2, 0.25) is 0 Å². The minimum Gasteiger partial charge on any atom is -0.378 e. The third-order valence-electron chi connectivity index (χ3n) is 7.79. The zero-order valence-electron chi connectivity index (χ0n) is 26.6. The van der Waals surface area contributed by atoms with Gasteiger partial charge < -0.3 is 18.9 Å². The standard InChI is InChI=1S/C10H16O.C9H18O.C8H16O.C8H12O.2H2/c1-3-4-5-10-7-6-9(2)11-8-10;1-3-4-9-6-5-8(2)10-7-9;2*1-3-8-5-4-7(2)9-6-8;;/h4-5,7,9H,3,6,8H2,1-2H3;8-9H,3-7H2,1-2H3;7-8H,3-6H2,1-2H3;3,5,7H,1,4,6H2,2H3;2*1H/b5-4+;;;;;. The molecule has 0 N–H and O–H groups in total. The molecular formula is C35H66O4. The fourth-order valence-electron chi connectivity index (χ4n) is 4.73. The Balaban J connectivity index is 0. The summed E-state index contributed by atoms with van der Waals surface area (Å²) in [5.41, 5.74) is 2.54. The molecule has 0 spiro atoms. The highest BCUT2D eigenvalue weighted by atomic mass is 16.5. The van der Waals surface area contributed by atoms with Crippen molar-refractivity contribution >= 4 is 0 Å². The highest BCUT2D eigenvalue weighted by molar-refractivity contribution is 5.20. The van der Waals surface area contributed by atoms with Crippen molar-refractivity contribution in [1.29, 1.82) is 0 Å². The quantitative estimate of drug-likeness (QED) is 0.330. The number of ether oxygens (including phenoxy) is 4. The molecule has 2 saturated heterocycles. The van der Waals surface area contributed by atoms with Crippen molar-refractivity contribution in [2.75, 3.05) is 26.4 Å². The van der Waals surface area contributed by atoms with Crippen molar-refractivity contribution in [3.05, 3.63) is 48.1 Å². The van der Waals surface area contributed by atoms with E-state index in [1.165, 1.54) is 56.1 Å². The lowest BCUT2D eigenvalue weighted by atomic mass is 9.95. The fourth-order valence-corrected chi connectivity index (χ4v) is 4.73. The normalized spacial score (nSPS) is 30.7. The van der Waals surface area contributed by atoms with E-state index in [1.807, 2.05) is 6.08 Å². The van der Waals surface area contributed by atoms with E-state index < -0.39 is 0 Å². The van der Waals surface area contributed by atoms with Crippen molar-refractivity contribution in [1.82, 2.24) is 0 Å². The zero-order chi connectivity index (χ0) is 28.9. The molecule has 0 radical (unpaired) electrons. The minimum absolute atomic E-state index is 0. The van der Waals surface area contributed by atoms with E-state index in [2.05, 4.69) is 79.3 Å². The second-order valence-electron chi connectivity index (χ2n) is 11.7. The Labute approximate surface area is 245 Å². The Morgan fingerprint density at radius 1 is 0.744 bits per heavy atom. The Kier molecular flexibility index (Phi) is 20.7. The summed E-state index contributed by atoms with van der Waals surface area (Å²) >= 11 is 0. The Morgan fingerprint density at radius 3 is 1.67 bits per heavy atom. The molecule has 0 bridgehead atoms. The van der Waals surface area contributed by atoms with Crippen LogP contribution in [0, 0.1) is 11.8 Å². The van der Waals surface area contributed by atoms with Gasteiger partial charge in [-0.05, 0) is 102 Å². The van der Waals surface area contributed by atoms with E-state index in [1.54, 1.807) is 0 Å². The van der Waals surface area contributed by atoms with Gasteiger partial charge in [0.15, 0.2) is 0 Å². The maximum Gasteiger partial charge on any atom is 0.0717 e. The predicted molar refractivity (Wildman–Crippen MR) is 172 cm³/mol. The zero-order valence-corrected chi connectivity index (χ0v) is 26.6. The number of rotatable bonds is 6. The van der Waals surface area contributed by atoms with E-state index >= 15 is 0 Å². The maximum atomic E-state index is 5.54. The van der Waals surface area contributed by atoms with Crippen molar-refractivity contribution in [3.8, 4) is 0 Å². The Hall–Kier alpha value is -1.20. The summed E-state index contributed by atoms with van der Waals surface area (Å²) in [5.74, 6) is 1.71. The van der Waals surface area contributed by atoms with Crippen molar-refractivity contribution in [2.24, 2.45) is 11.8 Å². The van der Waals surface area contributed by atoms with Gasteiger partial charge in [-0.25, -0.2) is 0 Å². The topological polar surface area (TPSA) is 36.9 Å². The summed E-state index contributed by atoms with van der Waals surface area (Å²) in [6.45, 7) is 22.3. The average molecular weight is 551 g/mol. The smallest absolute Gasteiger partial charge is 0.0717 e. The number of hydrogen-bond donors (Lipinski definition) is 0. The summed E-state index contributed by atoms with van der Waals surface area (Å²) < 4.78 is 21.8. The molecule has 6 atom stereocenters. The van der Waals surface area contributed by atoms with E-state index in [0.29, 0.717) is 24.4 Å². The van der Waals surface area contributed by atoms with Gasteiger partial charge in [0.1, 0.15) is 0 Å². The lowest BCUT2D eigenvalue weighted by Crippen LogP contribution is -2.23. The van der Waals surface area contributed by atoms with Crippen LogP contribution in [0.5, 0.6) is 0 Å². The van der Waals surface area contributed by atoms with Gasteiger partial charge in [0.25, 0.3) is 0 Å². The molecule has 39 heavy (non-hydrogen) atoms. The molecule has 0 amide bonds. The largest absolute Gasteiger partial charge is 0.378 e. The molecule has 4 heterocycles. The highest BCUT2D eigenvalue weighted by Gasteiger charge is 2.17. The highest BCUT2D eigenvalue weighted by Crippen LogP contribution is 2.22. The van der Waals surface area contributed by atoms with E-state index in [4.69, 9.17) is 18.9 Å². The first-order valence-corrected chi connectivity index (χ1v) is 15.9. The van der Waals surface area contributed by atoms with E-state index in [-0.39, 0.29) is 2.85 Å². The van der Waals surface area contributed by atoms with Gasteiger partial charge in [-0.3, -0.25) is 0 Å². The summed E-state index contributed by atoms with van der Waals surface area (Å²) in [7, 11) is 0. The van der Waals surface area contributed by atoms with Gasteiger partial charge in [0.2, 0.25) is 0 Å². The first kappa shape index (κ1) is 35.8. The SMILES string of the molecule is C=CC1=CCC(C)OC1.CC/C=C/C1=CCC(C)OC1.CCC1CCC(C)OC1.CCCC1CCC(C)OC1.[HH].[HH]. The number of hydrogen-bond acceptors (Lipinski definition) is 4. The van der Waals surface area contributed by atoms with E-state index in [9.17, 15) is 0 Å². The monoisotopic (exact) mass is 550 g/mol. The van der Waals surface area contributed by atoms with Gasteiger partial charge in [0.05, 0.1) is 37.6 Å². The molecule has 0 aromatic carbocycles. The van der Waals surface area contributed by atoms with Crippen LogP contribution in [0.25, 0.3) is 0 Å². The first-order valence-electron chi connectivity index (χ1n) is 15.9. The molecule has 0 saturated carbocycles. The van der Waals surface area contributed by atoms with Crippen LogP contribution in [0.15, 0.2) is 48.1 Å². The molecular weight excluding hydrogens is 484 g/mol. The van der Waals surface area contributed by atoms with Gasteiger partial charge >= 0.3 is 0 Å². The lowest BCUT2D eigenvalue weighted by Gasteiger charge is -2.26. The van der Waals surface area contributed by atoms with Crippen LogP contribution >= 0.6 is 0 Å². The molecule has 0 aromatic rings. The predicted octanol–water partition coefficient (Wildman–Crippen LogP) is 9.90. The number of allylic oxidation sites excluding steroid dienone is 1. The molecule has 2 fully saturated rings. The molecule has 0 aliphatic carbocycles. The van der Waals surface area contributed by atoms with Crippen LogP contribution in [0.4, 0.5) is 0 Å². The fraction of sp³-hybridized carbons (Fsp3) is 0.771. The molecule has 0 aromatic heterocycles.